The Hall–Kier alpha value is -2.64. The summed E-state index contributed by atoms with van der Waals surface area (Å²) >= 11 is 0. The highest BCUT2D eigenvalue weighted by atomic mass is 19.3. The molecule has 1 aromatic heterocycles. The van der Waals surface area contributed by atoms with E-state index in [1.807, 2.05) is 0 Å². The molecule has 0 saturated carbocycles. The fraction of sp³-hybridized carbons (Fsp3) is 0.167. The van der Waals surface area contributed by atoms with Crippen molar-refractivity contribution in [3.63, 3.8) is 0 Å². The van der Waals surface area contributed by atoms with E-state index in [9.17, 15) is 18.7 Å². The lowest BCUT2D eigenvalue weighted by Crippen LogP contribution is -2.02. The van der Waals surface area contributed by atoms with Crippen LogP contribution >= 0.6 is 0 Å². The Balaban J connectivity index is 2.27. The summed E-state index contributed by atoms with van der Waals surface area (Å²) in [4.78, 5) is 15.0. The van der Waals surface area contributed by atoms with Crippen LogP contribution in [0.4, 0.5) is 8.78 Å². The van der Waals surface area contributed by atoms with Crippen LogP contribution in [0, 0.1) is 0 Å². The summed E-state index contributed by atoms with van der Waals surface area (Å²) in [6.07, 6.45) is 1.09. The number of ether oxygens (including phenoxy) is 2. The smallest absolute Gasteiger partial charge is 0.387 e. The van der Waals surface area contributed by atoms with Gasteiger partial charge in [-0.15, -0.1) is 0 Å². The van der Waals surface area contributed by atoms with Gasteiger partial charge < -0.3 is 19.0 Å². The molecule has 1 aromatic carbocycles. The fourth-order valence-corrected chi connectivity index (χ4v) is 1.45. The molecule has 0 amide bonds. The number of oxazole rings is 1. The van der Waals surface area contributed by atoms with Crippen LogP contribution in [-0.4, -0.2) is 29.8 Å². The van der Waals surface area contributed by atoms with Gasteiger partial charge in [-0.05, 0) is 18.2 Å². The van der Waals surface area contributed by atoms with Crippen molar-refractivity contribution >= 4 is 5.97 Å². The number of methoxy groups -OCH3 is 1. The van der Waals surface area contributed by atoms with Gasteiger partial charge in [0.2, 0.25) is 5.89 Å². The van der Waals surface area contributed by atoms with Crippen LogP contribution in [-0.2, 0) is 4.74 Å². The maximum absolute atomic E-state index is 12.0. The van der Waals surface area contributed by atoms with E-state index in [0.29, 0.717) is 5.56 Å². The predicted molar refractivity (Wildman–Crippen MR) is 61.6 cm³/mol. The van der Waals surface area contributed by atoms with E-state index in [1.165, 1.54) is 13.2 Å². The second kappa shape index (κ2) is 5.55. The SMILES string of the molecule is COC(=O)c1coc(-c2ccc(OC(F)F)c(O)c2)n1. The second-order valence-electron chi connectivity index (χ2n) is 3.59. The Kier molecular flexibility index (Phi) is 3.83. The van der Waals surface area contributed by atoms with Crippen molar-refractivity contribution in [3.05, 3.63) is 30.2 Å². The topological polar surface area (TPSA) is 81.8 Å². The van der Waals surface area contributed by atoms with Crippen molar-refractivity contribution in [2.75, 3.05) is 7.11 Å². The normalized spacial score (nSPS) is 10.6. The van der Waals surface area contributed by atoms with Gasteiger partial charge in [0, 0.05) is 5.56 Å². The first kappa shape index (κ1) is 13.8. The van der Waals surface area contributed by atoms with Gasteiger partial charge in [-0.25, -0.2) is 9.78 Å². The highest BCUT2D eigenvalue weighted by molar-refractivity contribution is 5.87. The monoisotopic (exact) mass is 285 g/mol. The average molecular weight is 285 g/mol. The number of halogens is 2. The standard InChI is InChI=1S/C12H9F2NO5/c1-18-11(17)7-5-19-10(15-7)6-2-3-9(8(16)4-6)20-12(13)14/h2-5,12,16H,1H3. The third-order valence-corrected chi connectivity index (χ3v) is 2.32. The summed E-state index contributed by atoms with van der Waals surface area (Å²) in [6.45, 7) is -3.04. The fourth-order valence-electron chi connectivity index (χ4n) is 1.45. The molecule has 0 unspecified atom stereocenters. The van der Waals surface area contributed by atoms with Crippen molar-refractivity contribution in [3.8, 4) is 23.0 Å². The minimum Gasteiger partial charge on any atom is -0.504 e. The Labute approximate surface area is 111 Å². The average Bonchev–Trinajstić information content (AvgIpc) is 2.89. The second-order valence-corrected chi connectivity index (χ2v) is 3.59. The zero-order valence-corrected chi connectivity index (χ0v) is 10.2. The van der Waals surface area contributed by atoms with Gasteiger partial charge in [0.25, 0.3) is 0 Å². The van der Waals surface area contributed by atoms with E-state index in [-0.39, 0.29) is 17.3 Å². The first-order valence-corrected chi connectivity index (χ1v) is 5.33. The lowest BCUT2D eigenvalue weighted by atomic mass is 10.2. The van der Waals surface area contributed by atoms with Gasteiger partial charge in [0.05, 0.1) is 7.11 Å². The van der Waals surface area contributed by atoms with Gasteiger partial charge in [0.15, 0.2) is 17.2 Å². The molecule has 0 bridgehead atoms. The van der Waals surface area contributed by atoms with Crippen LogP contribution in [0.3, 0.4) is 0 Å². The number of aromatic hydroxyl groups is 1. The number of phenolic OH excluding ortho intramolecular Hbond substituents is 1. The molecule has 0 fully saturated rings. The van der Waals surface area contributed by atoms with Crippen LogP contribution < -0.4 is 4.74 Å². The molecule has 2 rings (SSSR count). The molecular formula is C12H9F2NO5. The lowest BCUT2D eigenvalue weighted by Gasteiger charge is -2.06. The summed E-state index contributed by atoms with van der Waals surface area (Å²) in [7, 11) is 1.19. The summed E-state index contributed by atoms with van der Waals surface area (Å²) in [5, 5.41) is 9.54. The number of carbonyl (C=O) groups excluding carboxylic acids is 1. The van der Waals surface area contributed by atoms with Gasteiger partial charge >= 0.3 is 12.6 Å². The molecule has 0 saturated heterocycles. The van der Waals surface area contributed by atoms with Crippen molar-refractivity contribution in [2.24, 2.45) is 0 Å². The molecule has 0 radical (unpaired) electrons. The number of hydrogen-bond acceptors (Lipinski definition) is 6. The van der Waals surface area contributed by atoms with Crippen LogP contribution in [0.25, 0.3) is 11.5 Å². The van der Waals surface area contributed by atoms with E-state index in [0.717, 1.165) is 18.4 Å². The highest BCUT2D eigenvalue weighted by Gasteiger charge is 2.16. The molecule has 0 aliphatic carbocycles. The van der Waals surface area contributed by atoms with Gasteiger partial charge in [-0.1, -0.05) is 0 Å². The van der Waals surface area contributed by atoms with E-state index in [4.69, 9.17) is 4.42 Å². The summed E-state index contributed by atoms with van der Waals surface area (Å²) in [6, 6.07) is 3.62. The molecule has 8 heteroatoms. The molecular weight excluding hydrogens is 276 g/mol. The number of hydrogen-bond donors (Lipinski definition) is 1. The van der Waals surface area contributed by atoms with E-state index >= 15 is 0 Å². The number of rotatable bonds is 4. The molecule has 20 heavy (non-hydrogen) atoms. The van der Waals surface area contributed by atoms with Crippen molar-refractivity contribution in [1.29, 1.82) is 0 Å². The minimum absolute atomic E-state index is 0.0318. The predicted octanol–water partition coefficient (Wildman–Crippen LogP) is 2.44. The van der Waals surface area contributed by atoms with Crippen LogP contribution in [0.2, 0.25) is 0 Å². The highest BCUT2D eigenvalue weighted by Crippen LogP contribution is 2.32. The molecule has 6 nitrogen and oxygen atoms in total. The van der Waals surface area contributed by atoms with Gasteiger partial charge in [0.1, 0.15) is 6.26 Å². The molecule has 106 valence electrons. The summed E-state index contributed by atoms with van der Waals surface area (Å²) in [5.74, 6) is -1.52. The number of esters is 1. The number of aromatic nitrogens is 1. The number of phenols is 1. The van der Waals surface area contributed by atoms with Crippen molar-refractivity contribution in [1.82, 2.24) is 4.98 Å². The Morgan fingerprint density at radius 2 is 2.20 bits per heavy atom. The number of alkyl halides is 2. The first-order valence-electron chi connectivity index (χ1n) is 5.33. The molecule has 0 spiro atoms. The lowest BCUT2D eigenvalue weighted by molar-refractivity contribution is -0.0512. The van der Waals surface area contributed by atoms with Crippen LogP contribution in [0.15, 0.2) is 28.9 Å². The summed E-state index contributed by atoms with van der Waals surface area (Å²) in [5.41, 5.74) is 0.245. The van der Waals surface area contributed by atoms with Gasteiger partial charge in [-0.3, -0.25) is 0 Å². The van der Waals surface area contributed by atoms with E-state index in [2.05, 4.69) is 14.5 Å². The van der Waals surface area contributed by atoms with Crippen molar-refractivity contribution in [2.45, 2.75) is 6.61 Å². The van der Waals surface area contributed by atoms with Crippen LogP contribution in [0.1, 0.15) is 10.5 Å². The quantitative estimate of drug-likeness (QED) is 0.869. The van der Waals surface area contributed by atoms with E-state index < -0.39 is 18.3 Å². The summed E-state index contributed by atoms with van der Waals surface area (Å²) < 4.78 is 37.7. The number of nitrogens with zero attached hydrogens (tertiary/aromatic N) is 1. The van der Waals surface area contributed by atoms with Crippen LogP contribution in [0.5, 0.6) is 11.5 Å². The Morgan fingerprint density at radius 1 is 1.45 bits per heavy atom. The number of carbonyl (C=O) groups is 1. The maximum atomic E-state index is 12.0. The maximum Gasteiger partial charge on any atom is 0.387 e. The molecule has 0 atom stereocenters. The molecule has 1 N–H and O–H groups in total. The molecule has 2 aromatic rings. The molecule has 0 aliphatic rings. The molecule has 1 heterocycles. The largest absolute Gasteiger partial charge is 0.504 e. The Bertz CT molecular complexity index is 626. The van der Waals surface area contributed by atoms with Crippen molar-refractivity contribution < 1.29 is 32.6 Å². The van der Waals surface area contributed by atoms with E-state index in [1.54, 1.807) is 0 Å². The van der Waals surface area contributed by atoms with Gasteiger partial charge in [-0.2, -0.15) is 8.78 Å². The zero-order valence-electron chi connectivity index (χ0n) is 10.2. The molecule has 0 aliphatic heterocycles. The zero-order chi connectivity index (χ0) is 14.7. The Morgan fingerprint density at radius 3 is 2.80 bits per heavy atom. The third kappa shape index (κ3) is 2.85. The first-order chi connectivity index (χ1) is 9.51. The minimum atomic E-state index is -3.04. The third-order valence-electron chi connectivity index (χ3n) is 2.32. The number of benzene rings is 1.